The Morgan fingerprint density at radius 1 is 1.20 bits per heavy atom. The van der Waals surface area contributed by atoms with E-state index < -0.39 is 17.6 Å². The Labute approximate surface area is 119 Å². The van der Waals surface area contributed by atoms with E-state index in [0.717, 1.165) is 10.4 Å². The maximum absolute atomic E-state index is 12.8. The summed E-state index contributed by atoms with van der Waals surface area (Å²) in [7, 11) is 0. The molecule has 2 aromatic rings. The maximum atomic E-state index is 12.8. The van der Waals surface area contributed by atoms with E-state index >= 15 is 0 Å². The first kappa shape index (κ1) is 14.2. The van der Waals surface area contributed by atoms with Crippen LogP contribution in [-0.2, 0) is 0 Å². The molecule has 104 valence electrons. The minimum atomic E-state index is -0.582. The van der Waals surface area contributed by atoms with Crippen LogP contribution in [0.1, 0.15) is 31.2 Å². The third-order valence-corrected chi connectivity index (χ3v) is 4.09. The lowest BCUT2D eigenvalue weighted by molar-refractivity contribution is 0.100. The molecule has 2 rings (SSSR count). The van der Waals surface area contributed by atoms with E-state index in [1.165, 1.54) is 35.6 Å². The summed E-state index contributed by atoms with van der Waals surface area (Å²) in [6.45, 7) is 3.62. The zero-order valence-electron chi connectivity index (χ0n) is 11.0. The van der Waals surface area contributed by atoms with E-state index in [9.17, 15) is 14.0 Å². The summed E-state index contributed by atoms with van der Waals surface area (Å²) in [5, 5.41) is 3.06. The molecule has 0 bridgehead atoms. The van der Waals surface area contributed by atoms with Crippen molar-refractivity contribution in [1.82, 2.24) is 0 Å². The van der Waals surface area contributed by atoms with Gasteiger partial charge in [0.2, 0.25) is 0 Å². The molecule has 0 aliphatic carbocycles. The van der Waals surface area contributed by atoms with Crippen LogP contribution in [0.15, 0.2) is 24.3 Å². The number of hydrogen-bond acceptors (Lipinski definition) is 3. The zero-order chi connectivity index (χ0) is 14.9. The van der Waals surface area contributed by atoms with Gasteiger partial charge in [0, 0.05) is 10.4 Å². The Morgan fingerprint density at radius 3 is 2.35 bits per heavy atom. The molecular weight excluding hydrogens is 279 g/mol. The molecule has 0 aliphatic heterocycles. The van der Waals surface area contributed by atoms with Crippen molar-refractivity contribution < 1.29 is 14.0 Å². The van der Waals surface area contributed by atoms with Gasteiger partial charge in [0.1, 0.15) is 10.8 Å². The first-order valence-electron chi connectivity index (χ1n) is 5.87. The van der Waals surface area contributed by atoms with Gasteiger partial charge in [0.05, 0.1) is 5.56 Å². The molecule has 0 radical (unpaired) electrons. The van der Waals surface area contributed by atoms with Crippen molar-refractivity contribution in [3.05, 3.63) is 51.7 Å². The summed E-state index contributed by atoms with van der Waals surface area (Å²) in [5.41, 5.74) is 6.72. The second-order valence-corrected chi connectivity index (χ2v) is 5.54. The van der Waals surface area contributed by atoms with Crippen molar-refractivity contribution in [1.29, 1.82) is 0 Å². The van der Waals surface area contributed by atoms with Gasteiger partial charge in [-0.3, -0.25) is 9.59 Å². The van der Waals surface area contributed by atoms with Crippen molar-refractivity contribution in [2.75, 3.05) is 5.32 Å². The molecule has 20 heavy (non-hydrogen) atoms. The Bertz CT molecular complexity index is 677. The molecule has 0 atom stereocenters. The van der Waals surface area contributed by atoms with Gasteiger partial charge in [-0.15, -0.1) is 11.3 Å². The molecule has 0 fully saturated rings. The molecule has 0 aliphatic rings. The molecule has 1 aromatic carbocycles. The van der Waals surface area contributed by atoms with Crippen molar-refractivity contribution in [2.45, 2.75) is 13.8 Å². The second-order valence-electron chi connectivity index (χ2n) is 4.31. The summed E-state index contributed by atoms with van der Waals surface area (Å²) in [5.74, 6) is -1.41. The van der Waals surface area contributed by atoms with Crippen LogP contribution >= 0.6 is 11.3 Å². The third-order valence-electron chi connectivity index (χ3n) is 2.97. The number of rotatable bonds is 3. The minimum absolute atomic E-state index is 0.311. The number of thiophene rings is 1. The fourth-order valence-electron chi connectivity index (χ4n) is 1.79. The van der Waals surface area contributed by atoms with Gasteiger partial charge in [-0.1, -0.05) is 0 Å². The first-order valence-corrected chi connectivity index (χ1v) is 6.68. The molecule has 6 heteroatoms. The molecule has 0 saturated carbocycles. The average molecular weight is 292 g/mol. The van der Waals surface area contributed by atoms with Crippen LogP contribution in [0.2, 0.25) is 0 Å². The number of primary amides is 1. The van der Waals surface area contributed by atoms with Crippen molar-refractivity contribution >= 4 is 28.2 Å². The van der Waals surface area contributed by atoms with E-state index in [1.54, 1.807) is 6.92 Å². The standard InChI is InChI=1S/C14H13FN2O2S/c1-7-8(2)20-14(11(7)12(16)18)17-13(19)9-3-5-10(15)6-4-9/h3-6H,1-2H3,(H2,16,18)(H,17,19). The number of nitrogens with two attached hydrogens (primary N) is 1. The topological polar surface area (TPSA) is 72.2 Å². The summed E-state index contributed by atoms with van der Waals surface area (Å²) in [6.07, 6.45) is 0. The lowest BCUT2D eigenvalue weighted by Gasteiger charge is -2.05. The Kier molecular flexibility index (Phi) is 3.85. The summed E-state index contributed by atoms with van der Waals surface area (Å²) in [4.78, 5) is 24.4. The van der Waals surface area contributed by atoms with Gasteiger partial charge in [0.15, 0.2) is 0 Å². The number of hydrogen-bond donors (Lipinski definition) is 2. The second kappa shape index (κ2) is 5.42. The highest BCUT2D eigenvalue weighted by Crippen LogP contribution is 2.32. The summed E-state index contributed by atoms with van der Waals surface area (Å²) in [6, 6.07) is 5.16. The van der Waals surface area contributed by atoms with E-state index in [2.05, 4.69) is 5.32 Å². The number of nitrogens with one attached hydrogen (secondary N) is 1. The molecule has 0 unspecified atom stereocenters. The van der Waals surface area contributed by atoms with Crippen molar-refractivity contribution in [2.24, 2.45) is 5.73 Å². The highest BCUT2D eigenvalue weighted by molar-refractivity contribution is 7.16. The summed E-state index contributed by atoms with van der Waals surface area (Å²) >= 11 is 1.29. The number of anilines is 1. The van der Waals surface area contributed by atoms with E-state index in [1.807, 2.05) is 6.92 Å². The first-order chi connectivity index (χ1) is 9.40. The molecule has 0 saturated heterocycles. The molecule has 4 nitrogen and oxygen atoms in total. The summed E-state index contributed by atoms with van der Waals surface area (Å²) < 4.78 is 12.8. The van der Waals surface area contributed by atoms with Crippen LogP contribution in [0, 0.1) is 19.7 Å². The number of aryl methyl sites for hydroxylation is 1. The minimum Gasteiger partial charge on any atom is -0.365 e. The Balaban J connectivity index is 2.30. The fraction of sp³-hybridized carbons (Fsp3) is 0.143. The molecule has 2 amide bonds. The maximum Gasteiger partial charge on any atom is 0.256 e. The highest BCUT2D eigenvalue weighted by Gasteiger charge is 2.19. The fourth-order valence-corrected chi connectivity index (χ4v) is 2.85. The van der Waals surface area contributed by atoms with Crippen LogP contribution in [0.25, 0.3) is 0 Å². The average Bonchev–Trinajstić information content (AvgIpc) is 2.65. The van der Waals surface area contributed by atoms with Crippen molar-refractivity contribution in [3.63, 3.8) is 0 Å². The zero-order valence-corrected chi connectivity index (χ0v) is 11.8. The molecule has 3 N–H and O–H groups in total. The van der Waals surface area contributed by atoms with Gasteiger partial charge < -0.3 is 11.1 Å². The van der Waals surface area contributed by atoms with Crippen LogP contribution < -0.4 is 11.1 Å². The van der Waals surface area contributed by atoms with Crippen LogP contribution in [0.4, 0.5) is 9.39 Å². The third kappa shape index (κ3) is 2.70. The van der Waals surface area contributed by atoms with Gasteiger partial charge in [-0.05, 0) is 43.7 Å². The SMILES string of the molecule is Cc1sc(NC(=O)c2ccc(F)cc2)c(C(N)=O)c1C. The predicted molar refractivity (Wildman–Crippen MR) is 76.7 cm³/mol. The highest BCUT2D eigenvalue weighted by atomic mass is 32.1. The monoisotopic (exact) mass is 292 g/mol. The Hall–Kier alpha value is -2.21. The molecule has 0 spiro atoms. The van der Waals surface area contributed by atoms with Crippen LogP contribution in [-0.4, -0.2) is 11.8 Å². The van der Waals surface area contributed by atoms with Crippen LogP contribution in [0.5, 0.6) is 0 Å². The molecule has 1 aromatic heterocycles. The van der Waals surface area contributed by atoms with Gasteiger partial charge in [-0.25, -0.2) is 4.39 Å². The van der Waals surface area contributed by atoms with Gasteiger partial charge >= 0.3 is 0 Å². The lowest BCUT2D eigenvalue weighted by Crippen LogP contribution is -2.17. The smallest absolute Gasteiger partial charge is 0.256 e. The van der Waals surface area contributed by atoms with Crippen molar-refractivity contribution in [3.8, 4) is 0 Å². The normalized spacial score (nSPS) is 10.3. The number of benzene rings is 1. The molecule has 1 heterocycles. The Morgan fingerprint density at radius 2 is 1.80 bits per heavy atom. The van der Waals surface area contributed by atoms with Crippen LogP contribution in [0.3, 0.4) is 0 Å². The van der Waals surface area contributed by atoms with E-state index in [4.69, 9.17) is 5.73 Å². The number of amides is 2. The van der Waals surface area contributed by atoms with E-state index in [-0.39, 0.29) is 0 Å². The number of carbonyl (C=O) groups excluding carboxylic acids is 2. The lowest BCUT2D eigenvalue weighted by atomic mass is 10.1. The predicted octanol–water partition coefficient (Wildman–Crippen LogP) is 2.86. The van der Waals surface area contributed by atoms with Gasteiger partial charge in [-0.2, -0.15) is 0 Å². The van der Waals surface area contributed by atoms with Gasteiger partial charge in [0.25, 0.3) is 11.8 Å². The largest absolute Gasteiger partial charge is 0.365 e. The molecular formula is C14H13FN2O2S. The number of halogens is 1. The quantitative estimate of drug-likeness (QED) is 0.913. The number of carbonyl (C=O) groups is 2. The van der Waals surface area contributed by atoms with E-state index in [0.29, 0.717) is 16.1 Å².